The average molecular weight is 431 g/mol. The van der Waals surface area contributed by atoms with Crippen LogP contribution in [0.4, 0.5) is 18.9 Å². The van der Waals surface area contributed by atoms with E-state index in [0.717, 1.165) is 30.7 Å². The molecule has 2 aromatic rings. The molecule has 1 amide bonds. The number of likely N-dealkylation sites (tertiary alicyclic amines) is 1. The molecular weight excluding hydrogens is 412 g/mol. The highest BCUT2D eigenvalue weighted by Crippen LogP contribution is 2.36. The average Bonchev–Trinajstić information content (AvgIpc) is 2.64. The van der Waals surface area contributed by atoms with E-state index in [9.17, 15) is 18.0 Å². The first-order chi connectivity index (χ1) is 13.2. The number of carbonyl (C=O) groups excluding carboxylic acids is 1. The fraction of sp³-hybridized carbons (Fsp3) is 0.350. The van der Waals surface area contributed by atoms with Crippen LogP contribution in [0.1, 0.15) is 24.0 Å². The number of carbonyl (C=O) groups is 1. The molecule has 1 N–H and O–H groups in total. The highest BCUT2D eigenvalue weighted by molar-refractivity contribution is 6.31. The smallest absolute Gasteiger partial charge is 0.326 e. The van der Waals surface area contributed by atoms with E-state index in [0.29, 0.717) is 24.5 Å². The summed E-state index contributed by atoms with van der Waals surface area (Å²) >= 11 is 11.5. The predicted molar refractivity (Wildman–Crippen MR) is 105 cm³/mol. The largest absolute Gasteiger partial charge is 0.417 e. The van der Waals surface area contributed by atoms with Gasteiger partial charge < -0.3 is 5.32 Å². The molecule has 3 rings (SSSR count). The highest BCUT2D eigenvalue weighted by Gasteiger charge is 2.34. The van der Waals surface area contributed by atoms with Crippen molar-refractivity contribution < 1.29 is 18.0 Å². The molecule has 0 radical (unpaired) electrons. The minimum absolute atomic E-state index is 0.0940. The van der Waals surface area contributed by atoms with Crippen LogP contribution in [0.15, 0.2) is 42.5 Å². The Kier molecular flexibility index (Phi) is 6.53. The molecule has 1 unspecified atom stereocenters. The topological polar surface area (TPSA) is 32.3 Å². The maximum absolute atomic E-state index is 13.0. The normalized spacial score (nSPS) is 18.1. The van der Waals surface area contributed by atoms with Gasteiger partial charge >= 0.3 is 6.18 Å². The molecule has 28 heavy (non-hydrogen) atoms. The summed E-state index contributed by atoms with van der Waals surface area (Å²) in [5, 5.41) is 2.88. The van der Waals surface area contributed by atoms with Crippen LogP contribution >= 0.6 is 23.2 Å². The van der Waals surface area contributed by atoms with Crippen LogP contribution in [0.2, 0.25) is 10.0 Å². The summed E-state index contributed by atoms with van der Waals surface area (Å²) in [5.41, 5.74) is 0.231. The first-order valence-electron chi connectivity index (χ1n) is 8.87. The van der Waals surface area contributed by atoms with Gasteiger partial charge in [0.05, 0.1) is 16.5 Å². The number of piperidine rings is 1. The Balaban J connectivity index is 1.63. The SMILES string of the molecule is O=C(Nc1ccc(Cl)c(C(F)(F)F)c1)C1CCCN(Cc2ccc(Cl)cc2)C1. The molecule has 0 saturated carbocycles. The number of benzene rings is 2. The van der Waals surface area contributed by atoms with Crippen LogP contribution in [-0.2, 0) is 17.5 Å². The van der Waals surface area contributed by atoms with Crippen LogP contribution in [0, 0.1) is 5.92 Å². The van der Waals surface area contributed by atoms with E-state index in [1.165, 1.54) is 6.07 Å². The summed E-state index contributed by atoms with van der Waals surface area (Å²) in [7, 11) is 0. The van der Waals surface area contributed by atoms with Gasteiger partial charge in [-0.25, -0.2) is 0 Å². The molecule has 0 aliphatic carbocycles. The number of alkyl halides is 3. The number of nitrogens with one attached hydrogen (secondary N) is 1. The van der Waals surface area contributed by atoms with Gasteiger partial charge in [-0.05, 0) is 55.3 Å². The summed E-state index contributed by atoms with van der Waals surface area (Å²) < 4.78 is 39.0. The Hall–Kier alpha value is -1.76. The molecule has 1 fully saturated rings. The van der Waals surface area contributed by atoms with Gasteiger partial charge in [0.15, 0.2) is 0 Å². The number of anilines is 1. The summed E-state index contributed by atoms with van der Waals surface area (Å²) in [6.07, 6.45) is -3.03. The van der Waals surface area contributed by atoms with Crippen LogP contribution in [0.5, 0.6) is 0 Å². The number of hydrogen-bond donors (Lipinski definition) is 1. The lowest BCUT2D eigenvalue weighted by atomic mass is 9.96. The van der Waals surface area contributed by atoms with E-state index < -0.39 is 16.8 Å². The van der Waals surface area contributed by atoms with Gasteiger partial charge in [-0.3, -0.25) is 9.69 Å². The zero-order valence-corrected chi connectivity index (χ0v) is 16.4. The predicted octanol–water partition coefficient (Wildman–Crippen LogP) is 5.86. The molecule has 0 bridgehead atoms. The number of halogens is 5. The zero-order valence-electron chi connectivity index (χ0n) is 14.9. The fourth-order valence-corrected chi connectivity index (χ4v) is 3.68. The molecule has 8 heteroatoms. The van der Waals surface area contributed by atoms with E-state index >= 15 is 0 Å². The standard InChI is InChI=1S/C20H19Cl2F3N2O/c21-15-5-3-13(4-6-15)11-27-9-1-2-14(12-27)19(28)26-16-7-8-18(22)17(10-16)20(23,24)25/h3-8,10,14H,1-2,9,11-12H2,(H,26,28). The number of amides is 1. The highest BCUT2D eigenvalue weighted by atomic mass is 35.5. The minimum Gasteiger partial charge on any atom is -0.326 e. The monoisotopic (exact) mass is 430 g/mol. The lowest BCUT2D eigenvalue weighted by molar-refractivity contribution is -0.137. The lowest BCUT2D eigenvalue weighted by Crippen LogP contribution is -2.40. The molecule has 0 aromatic heterocycles. The second kappa shape index (κ2) is 8.72. The quantitative estimate of drug-likeness (QED) is 0.658. The molecule has 1 aliphatic rings. The number of hydrogen-bond acceptors (Lipinski definition) is 2. The van der Waals surface area contributed by atoms with Gasteiger partial charge in [-0.2, -0.15) is 13.2 Å². The van der Waals surface area contributed by atoms with Crippen molar-refractivity contribution in [2.45, 2.75) is 25.6 Å². The zero-order chi connectivity index (χ0) is 20.3. The van der Waals surface area contributed by atoms with E-state index in [4.69, 9.17) is 23.2 Å². The fourth-order valence-electron chi connectivity index (χ4n) is 3.33. The van der Waals surface area contributed by atoms with Crippen LogP contribution in [0.3, 0.4) is 0 Å². The lowest BCUT2D eigenvalue weighted by Gasteiger charge is -2.32. The van der Waals surface area contributed by atoms with Crippen molar-refractivity contribution >= 4 is 34.8 Å². The van der Waals surface area contributed by atoms with Crippen molar-refractivity contribution in [3.63, 3.8) is 0 Å². The first kappa shape index (κ1) is 21.0. The van der Waals surface area contributed by atoms with Crippen LogP contribution < -0.4 is 5.32 Å². The van der Waals surface area contributed by atoms with E-state index in [1.54, 1.807) is 0 Å². The van der Waals surface area contributed by atoms with Gasteiger partial charge in [-0.1, -0.05) is 35.3 Å². The molecule has 150 valence electrons. The molecule has 2 aromatic carbocycles. The molecule has 1 aliphatic heterocycles. The van der Waals surface area contributed by atoms with Gasteiger partial charge in [0.25, 0.3) is 0 Å². The van der Waals surface area contributed by atoms with Crippen molar-refractivity contribution in [2.75, 3.05) is 18.4 Å². The number of nitrogens with zero attached hydrogens (tertiary/aromatic N) is 1. The van der Waals surface area contributed by atoms with E-state index in [2.05, 4.69) is 10.2 Å². The second-order valence-electron chi connectivity index (χ2n) is 6.88. The molecular formula is C20H19Cl2F3N2O. The Labute approximate surface area is 171 Å². The molecule has 3 nitrogen and oxygen atoms in total. The third kappa shape index (κ3) is 5.40. The summed E-state index contributed by atoms with van der Waals surface area (Å²) in [4.78, 5) is 14.8. The number of rotatable bonds is 4. The maximum Gasteiger partial charge on any atom is 0.417 e. The second-order valence-corrected chi connectivity index (χ2v) is 7.73. The maximum atomic E-state index is 13.0. The van der Waals surface area contributed by atoms with Crippen molar-refractivity contribution in [2.24, 2.45) is 5.92 Å². The third-order valence-electron chi connectivity index (χ3n) is 4.74. The Morgan fingerprint density at radius 2 is 1.86 bits per heavy atom. The van der Waals surface area contributed by atoms with Gasteiger partial charge in [-0.15, -0.1) is 0 Å². The van der Waals surface area contributed by atoms with Crippen LogP contribution in [-0.4, -0.2) is 23.9 Å². The summed E-state index contributed by atoms with van der Waals surface area (Å²) in [5.74, 6) is -0.567. The minimum atomic E-state index is -4.57. The van der Waals surface area contributed by atoms with Crippen molar-refractivity contribution in [3.05, 3.63) is 63.6 Å². The van der Waals surface area contributed by atoms with Gasteiger partial charge in [0.2, 0.25) is 5.91 Å². The van der Waals surface area contributed by atoms with Crippen molar-refractivity contribution in [1.82, 2.24) is 4.90 Å². The molecule has 0 spiro atoms. The Morgan fingerprint density at radius 1 is 1.14 bits per heavy atom. The van der Waals surface area contributed by atoms with Crippen molar-refractivity contribution in [3.8, 4) is 0 Å². The summed E-state index contributed by atoms with van der Waals surface area (Å²) in [6, 6.07) is 10.9. The molecule has 1 saturated heterocycles. The third-order valence-corrected chi connectivity index (χ3v) is 5.32. The van der Waals surface area contributed by atoms with Gasteiger partial charge in [0, 0.05) is 23.8 Å². The Bertz CT molecular complexity index is 840. The molecule has 1 heterocycles. The van der Waals surface area contributed by atoms with Crippen molar-refractivity contribution in [1.29, 1.82) is 0 Å². The Morgan fingerprint density at radius 3 is 2.54 bits per heavy atom. The van der Waals surface area contributed by atoms with Gasteiger partial charge in [0.1, 0.15) is 0 Å². The molecule has 1 atom stereocenters. The van der Waals surface area contributed by atoms with Crippen LogP contribution in [0.25, 0.3) is 0 Å². The summed E-state index contributed by atoms with van der Waals surface area (Å²) in [6.45, 7) is 2.11. The first-order valence-corrected chi connectivity index (χ1v) is 9.62. The van der Waals surface area contributed by atoms with E-state index in [1.807, 2.05) is 24.3 Å². The van der Waals surface area contributed by atoms with E-state index in [-0.39, 0.29) is 17.5 Å².